The van der Waals surface area contributed by atoms with E-state index >= 15 is 0 Å². The van der Waals surface area contributed by atoms with Gasteiger partial charge in [-0.25, -0.2) is 0 Å². The van der Waals surface area contributed by atoms with Crippen LogP contribution in [-0.2, 0) is 19.5 Å². The Morgan fingerprint density at radius 2 is 2.28 bits per heavy atom. The fraction of sp³-hybridized carbons (Fsp3) is 0.357. The molecule has 0 bridgehead atoms. The molecule has 1 aliphatic rings. The zero-order chi connectivity index (χ0) is 12.7. The first kappa shape index (κ1) is 11.9. The topological polar surface area (TPSA) is 42.2 Å². The highest BCUT2D eigenvalue weighted by atomic mass is 35.5. The minimum absolute atomic E-state index is 0.537. The van der Waals surface area contributed by atoms with Crippen LogP contribution in [-0.4, -0.2) is 23.5 Å². The number of aromatic nitrogens is 1. The molecule has 0 fully saturated rings. The van der Waals surface area contributed by atoms with Crippen LogP contribution in [0.2, 0.25) is 5.02 Å². The molecule has 3 rings (SSSR count). The Balaban J connectivity index is 2.34. The molecule has 0 saturated heterocycles. The molecule has 0 atom stereocenters. The molecule has 3 nitrogen and oxygen atoms in total. The summed E-state index contributed by atoms with van der Waals surface area (Å²) in [7, 11) is 2.13. The first-order chi connectivity index (χ1) is 8.70. The van der Waals surface area contributed by atoms with Gasteiger partial charge >= 0.3 is 0 Å². The summed E-state index contributed by atoms with van der Waals surface area (Å²) < 4.78 is 0. The van der Waals surface area contributed by atoms with E-state index in [1.54, 1.807) is 0 Å². The number of likely N-dealkylation sites (N-methyl/N-ethyl adjacent to an activating group) is 1. The second-order valence-electron chi connectivity index (χ2n) is 4.84. The lowest BCUT2D eigenvalue weighted by Gasteiger charge is -2.27. The highest BCUT2D eigenvalue weighted by Gasteiger charge is 2.20. The van der Waals surface area contributed by atoms with Gasteiger partial charge in [-0.15, -0.1) is 0 Å². The number of para-hydroxylation sites is 1. The third-order valence-corrected chi connectivity index (χ3v) is 3.94. The van der Waals surface area contributed by atoms with E-state index in [0.717, 1.165) is 36.1 Å². The SMILES string of the molecule is CN1CCc2nc3c(Cl)cccc3c(CN)c2C1. The van der Waals surface area contributed by atoms with Gasteiger partial charge in [0.2, 0.25) is 0 Å². The summed E-state index contributed by atoms with van der Waals surface area (Å²) in [6.45, 7) is 2.51. The number of rotatable bonds is 1. The molecule has 0 aliphatic carbocycles. The number of pyridine rings is 1. The van der Waals surface area contributed by atoms with E-state index in [4.69, 9.17) is 22.3 Å². The average Bonchev–Trinajstić information content (AvgIpc) is 2.37. The first-order valence-electron chi connectivity index (χ1n) is 6.18. The van der Waals surface area contributed by atoms with Crippen LogP contribution in [0.25, 0.3) is 10.9 Å². The number of halogens is 1. The van der Waals surface area contributed by atoms with E-state index in [-0.39, 0.29) is 0 Å². The smallest absolute Gasteiger partial charge is 0.0894 e. The molecule has 0 radical (unpaired) electrons. The Hall–Kier alpha value is -1.16. The Bertz CT molecular complexity index is 610. The molecule has 1 aliphatic heterocycles. The standard InChI is InChI=1S/C14H16ClN3/c1-18-6-5-13-11(8-18)10(7-16)9-3-2-4-12(15)14(9)17-13/h2-4H,5-8,16H2,1H3. The highest BCUT2D eigenvalue weighted by Crippen LogP contribution is 2.30. The number of hydrogen-bond donors (Lipinski definition) is 1. The minimum atomic E-state index is 0.537. The van der Waals surface area contributed by atoms with Crippen molar-refractivity contribution in [1.29, 1.82) is 0 Å². The third kappa shape index (κ3) is 1.79. The van der Waals surface area contributed by atoms with Crippen LogP contribution in [0.4, 0.5) is 0 Å². The van der Waals surface area contributed by atoms with Crippen molar-refractivity contribution < 1.29 is 0 Å². The second kappa shape index (κ2) is 4.50. The molecule has 2 heterocycles. The molecule has 0 unspecified atom stereocenters. The molecular formula is C14H16ClN3. The number of nitrogens with zero attached hydrogens (tertiary/aromatic N) is 2. The molecule has 0 saturated carbocycles. The Morgan fingerprint density at radius 3 is 3.06 bits per heavy atom. The maximum absolute atomic E-state index is 6.24. The van der Waals surface area contributed by atoms with Crippen LogP contribution in [0, 0.1) is 0 Å². The molecule has 0 amide bonds. The number of hydrogen-bond acceptors (Lipinski definition) is 3. The molecule has 0 spiro atoms. The van der Waals surface area contributed by atoms with Gasteiger partial charge in [0, 0.05) is 37.1 Å². The summed E-state index contributed by atoms with van der Waals surface area (Å²) in [6, 6.07) is 5.91. The van der Waals surface area contributed by atoms with Gasteiger partial charge in [0.15, 0.2) is 0 Å². The Kier molecular flexibility index (Phi) is 2.98. The predicted molar refractivity (Wildman–Crippen MR) is 74.7 cm³/mol. The lowest BCUT2D eigenvalue weighted by Crippen LogP contribution is -2.29. The molecule has 18 heavy (non-hydrogen) atoms. The van der Waals surface area contributed by atoms with Crippen LogP contribution in [0.1, 0.15) is 16.8 Å². The molecule has 94 valence electrons. The lowest BCUT2D eigenvalue weighted by atomic mass is 9.96. The van der Waals surface area contributed by atoms with E-state index in [2.05, 4.69) is 18.0 Å². The Morgan fingerprint density at radius 1 is 1.44 bits per heavy atom. The molecule has 1 aromatic heterocycles. The summed E-state index contributed by atoms with van der Waals surface area (Å²) in [6.07, 6.45) is 0.972. The van der Waals surface area contributed by atoms with Gasteiger partial charge in [0.05, 0.1) is 10.5 Å². The molecular weight excluding hydrogens is 246 g/mol. The van der Waals surface area contributed by atoms with Crippen molar-refractivity contribution in [3.63, 3.8) is 0 Å². The Labute approximate surface area is 112 Å². The number of benzene rings is 1. The van der Waals surface area contributed by atoms with Crippen LogP contribution in [0.5, 0.6) is 0 Å². The van der Waals surface area contributed by atoms with Crippen LogP contribution in [0.3, 0.4) is 0 Å². The van der Waals surface area contributed by atoms with Crippen molar-refractivity contribution in [2.24, 2.45) is 5.73 Å². The van der Waals surface area contributed by atoms with Crippen molar-refractivity contribution in [2.45, 2.75) is 19.5 Å². The molecule has 2 N–H and O–H groups in total. The molecule has 4 heteroatoms. The van der Waals surface area contributed by atoms with Crippen LogP contribution in [0.15, 0.2) is 18.2 Å². The van der Waals surface area contributed by atoms with E-state index < -0.39 is 0 Å². The van der Waals surface area contributed by atoms with E-state index in [9.17, 15) is 0 Å². The normalized spacial score (nSPS) is 15.9. The lowest BCUT2D eigenvalue weighted by molar-refractivity contribution is 0.309. The second-order valence-corrected chi connectivity index (χ2v) is 5.25. The fourth-order valence-electron chi connectivity index (χ4n) is 2.68. The zero-order valence-electron chi connectivity index (χ0n) is 10.4. The minimum Gasteiger partial charge on any atom is -0.326 e. The monoisotopic (exact) mass is 261 g/mol. The first-order valence-corrected chi connectivity index (χ1v) is 6.56. The summed E-state index contributed by atoms with van der Waals surface area (Å²) in [4.78, 5) is 7.05. The van der Waals surface area contributed by atoms with Gasteiger partial charge in [-0.3, -0.25) is 4.98 Å². The fourth-order valence-corrected chi connectivity index (χ4v) is 2.90. The molecule has 2 aromatic rings. The zero-order valence-corrected chi connectivity index (χ0v) is 11.2. The highest BCUT2D eigenvalue weighted by molar-refractivity contribution is 6.35. The maximum atomic E-state index is 6.24. The van der Waals surface area contributed by atoms with E-state index in [1.165, 1.54) is 11.1 Å². The number of fused-ring (bicyclic) bond motifs is 2. The summed E-state index contributed by atoms with van der Waals surface area (Å²) >= 11 is 6.24. The van der Waals surface area contributed by atoms with Crippen LogP contribution >= 0.6 is 11.6 Å². The summed E-state index contributed by atoms with van der Waals surface area (Å²) in [5.41, 5.74) is 10.5. The van der Waals surface area contributed by atoms with Gasteiger partial charge < -0.3 is 10.6 Å². The quantitative estimate of drug-likeness (QED) is 0.857. The molecule has 1 aromatic carbocycles. The van der Waals surface area contributed by atoms with E-state index in [0.29, 0.717) is 11.6 Å². The van der Waals surface area contributed by atoms with Gasteiger partial charge in [-0.2, -0.15) is 0 Å². The van der Waals surface area contributed by atoms with Crippen molar-refractivity contribution in [1.82, 2.24) is 9.88 Å². The largest absolute Gasteiger partial charge is 0.326 e. The van der Waals surface area contributed by atoms with Crippen molar-refractivity contribution >= 4 is 22.5 Å². The van der Waals surface area contributed by atoms with Crippen molar-refractivity contribution in [3.05, 3.63) is 40.0 Å². The van der Waals surface area contributed by atoms with Crippen molar-refractivity contribution in [3.8, 4) is 0 Å². The average molecular weight is 262 g/mol. The third-order valence-electron chi connectivity index (χ3n) is 3.63. The maximum Gasteiger partial charge on any atom is 0.0894 e. The van der Waals surface area contributed by atoms with Crippen LogP contribution < -0.4 is 5.73 Å². The summed E-state index contributed by atoms with van der Waals surface area (Å²) in [5.74, 6) is 0. The van der Waals surface area contributed by atoms with E-state index in [1.807, 2.05) is 12.1 Å². The van der Waals surface area contributed by atoms with Gasteiger partial charge in [0.25, 0.3) is 0 Å². The van der Waals surface area contributed by atoms with Gasteiger partial charge in [-0.05, 0) is 24.2 Å². The number of nitrogens with two attached hydrogens (primary N) is 1. The predicted octanol–water partition coefficient (Wildman–Crippen LogP) is 2.33. The van der Waals surface area contributed by atoms with Gasteiger partial charge in [-0.1, -0.05) is 23.7 Å². The summed E-state index contributed by atoms with van der Waals surface area (Å²) in [5, 5.41) is 1.81. The van der Waals surface area contributed by atoms with Crippen molar-refractivity contribution in [2.75, 3.05) is 13.6 Å². The van der Waals surface area contributed by atoms with Gasteiger partial charge in [0.1, 0.15) is 0 Å².